The van der Waals surface area contributed by atoms with Crippen LogP contribution in [0.25, 0.3) is 11.0 Å². The maximum absolute atomic E-state index is 12.2. The summed E-state index contributed by atoms with van der Waals surface area (Å²) >= 11 is 0. The van der Waals surface area contributed by atoms with Crippen molar-refractivity contribution in [2.24, 2.45) is 5.16 Å². The van der Waals surface area contributed by atoms with Crippen molar-refractivity contribution in [3.8, 4) is 5.75 Å². The molecular formula is C20H17NO5. The van der Waals surface area contributed by atoms with Crippen LogP contribution in [-0.2, 0) is 16.2 Å². The summed E-state index contributed by atoms with van der Waals surface area (Å²) in [6.07, 6.45) is 0. The lowest BCUT2D eigenvalue weighted by Crippen LogP contribution is -2.12. The van der Waals surface area contributed by atoms with E-state index in [0.29, 0.717) is 34.6 Å². The maximum Gasteiger partial charge on any atom is 0.345 e. The fraction of sp³-hybridized carbons (Fsp3) is 0.150. The lowest BCUT2D eigenvalue weighted by atomic mass is 10.1. The standard InChI is InChI=1S/C20H17NO5/c1-13(21-24-12-15-6-4-3-5-7-15)18-10-16-8-9-17(25-14(2)22)11-19(16)26-20(18)23/h3-11H,12H2,1-2H3. The SMILES string of the molecule is CC(=O)Oc1ccc2cc(C(C)=NOCc3ccccc3)c(=O)oc2c1. The number of rotatable bonds is 5. The molecule has 0 atom stereocenters. The molecule has 132 valence electrons. The molecule has 1 aromatic heterocycles. The van der Waals surface area contributed by atoms with Crippen LogP contribution < -0.4 is 10.4 Å². The first-order valence-electron chi connectivity index (χ1n) is 8.00. The Morgan fingerprint density at radius 2 is 1.85 bits per heavy atom. The van der Waals surface area contributed by atoms with Gasteiger partial charge in [0.2, 0.25) is 0 Å². The van der Waals surface area contributed by atoms with E-state index in [0.717, 1.165) is 5.56 Å². The number of ether oxygens (including phenoxy) is 1. The first-order chi connectivity index (χ1) is 12.5. The Hall–Kier alpha value is -3.41. The van der Waals surface area contributed by atoms with Crippen molar-refractivity contribution in [3.05, 3.63) is 76.1 Å². The monoisotopic (exact) mass is 351 g/mol. The molecule has 26 heavy (non-hydrogen) atoms. The molecule has 1 heterocycles. The van der Waals surface area contributed by atoms with Crippen LogP contribution in [0.2, 0.25) is 0 Å². The highest BCUT2D eigenvalue weighted by atomic mass is 16.6. The van der Waals surface area contributed by atoms with Gasteiger partial charge in [-0.15, -0.1) is 0 Å². The van der Waals surface area contributed by atoms with Gasteiger partial charge in [0.15, 0.2) is 0 Å². The minimum atomic E-state index is -0.540. The summed E-state index contributed by atoms with van der Waals surface area (Å²) in [5.74, 6) is -0.126. The quantitative estimate of drug-likeness (QED) is 0.230. The highest BCUT2D eigenvalue weighted by molar-refractivity contribution is 6.00. The van der Waals surface area contributed by atoms with E-state index in [1.54, 1.807) is 25.1 Å². The van der Waals surface area contributed by atoms with E-state index >= 15 is 0 Å². The van der Waals surface area contributed by atoms with E-state index in [9.17, 15) is 9.59 Å². The summed E-state index contributed by atoms with van der Waals surface area (Å²) < 4.78 is 10.3. The number of benzene rings is 2. The zero-order chi connectivity index (χ0) is 18.5. The molecule has 0 saturated heterocycles. The van der Waals surface area contributed by atoms with Crippen molar-refractivity contribution in [1.82, 2.24) is 0 Å². The number of carbonyl (C=O) groups excluding carboxylic acids is 1. The fourth-order valence-electron chi connectivity index (χ4n) is 2.40. The Morgan fingerprint density at radius 1 is 1.08 bits per heavy atom. The number of esters is 1. The van der Waals surface area contributed by atoms with Crippen LogP contribution >= 0.6 is 0 Å². The second-order valence-corrected chi connectivity index (χ2v) is 5.68. The minimum Gasteiger partial charge on any atom is -0.427 e. The van der Waals surface area contributed by atoms with E-state index < -0.39 is 11.6 Å². The topological polar surface area (TPSA) is 78.1 Å². The molecular weight excluding hydrogens is 334 g/mol. The third-order valence-corrected chi connectivity index (χ3v) is 3.63. The predicted octanol–water partition coefficient (Wildman–Crippen LogP) is 3.66. The van der Waals surface area contributed by atoms with Crippen LogP contribution in [0.15, 0.2) is 69.0 Å². The molecule has 3 aromatic rings. The smallest absolute Gasteiger partial charge is 0.345 e. The van der Waals surface area contributed by atoms with Crippen LogP contribution in [0.3, 0.4) is 0 Å². The van der Waals surface area contributed by atoms with Crippen molar-refractivity contribution < 1.29 is 18.8 Å². The van der Waals surface area contributed by atoms with Crippen LogP contribution in [0, 0.1) is 0 Å². The number of hydrogen-bond donors (Lipinski definition) is 0. The average molecular weight is 351 g/mol. The molecule has 6 nitrogen and oxygen atoms in total. The van der Waals surface area contributed by atoms with Crippen LogP contribution in [-0.4, -0.2) is 11.7 Å². The zero-order valence-corrected chi connectivity index (χ0v) is 14.4. The van der Waals surface area contributed by atoms with Crippen molar-refractivity contribution in [1.29, 1.82) is 0 Å². The van der Waals surface area contributed by atoms with Gasteiger partial charge in [-0.25, -0.2) is 4.79 Å². The lowest BCUT2D eigenvalue weighted by molar-refractivity contribution is -0.131. The Kier molecular flexibility index (Phi) is 5.12. The van der Waals surface area contributed by atoms with Crippen molar-refractivity contribution in [2.75, 3.05) is 0 Å². The summed E-state index contributed by atoms with van der Waals surface area (Å²) in [5.41, 5.74) is 1.50. The number of carbonyl (C=O) groups is 1. The molecule has 3 rings (SSSR count). The predicted molar refractivity (Wildman–Crippen MR) is 97.2 cm³/mol. The third kappa shape index (κ3) is 4.16. The highest BCUT2D eigenvalue weighted by Crippen LogP contribution is 2.21. The number of nitrogens with zero attached hydrogens (tertiary/aromatic N) is 1. The van der Waals surface area contributed by atoms with Gasteiger partial charge < -0.3 is 14.0 Å². The van der Waals surface area contributed by atoms with Gasteiger partial charge in [-0.3, -0.25) is 4.79 Å². The fourth-order valence-corrected chi connectivity index (χ4v) is 2.40. The number of oxime groups is 1. The van der Waals surface area contributed by atoms with Crippen molar-refractivity contribution >= 4 is 22.7 Å². The largest absolute Gasteiger partial charge is 0.427 e. The van der Waals surface area contributed by atoms with E-state index in [1.165, 1.54) is 13.0 Å². The Labute approximate surface area is 149 Å². The van der Waals surface area contributed by atoms with Gasteiger partial charge in [-0.1, -0.05) is 35.5 Å². The summed E-state index contributed by atoms with van der Waals surface area (Å²) in [7, 11) is 0. The van der Waals surface area contributed by atoms with Crippen LogP contribution in [0.1, 0.15) is 25.0 Å². The van der Waals surface area contributed by atoms with Crippen molar-refractivity contribution in [3.63, 3.8) is 0 Å². The molecule has 0 amide bonds. The molecule has 0 radical (unpaired) electrons. The van der Waals surface area contributed by atoms with E-state index in [-0.39, 0.29) is 0 Å². The number of fused-ring (bicyclic) bond motifs is 1. The van der Waals surface area contributed by atoms with Crippen LogP contribution in [0.5, 0.6) is 5.75 Å². The van der Waals surface area contributed by atoms with Crippen molar-refractivity contribution in [2.45, 2.75) is 20.5 Å². The highest BCUT2D eigenvalue weighted by Gasteiger charge is 2.10. The molecule has 0 aliphatic carbocycles. The van der Waals surface area contributed by atoms with Gasteiger partial charge in [-0.05, 0) is 30.7 Å². The molecule has 0 saturated carbocycles. The van der Waals surface area contributed by atoms with Gasteiger partial charge in [0.1, 0.15) is 17.9 Å². The number of hydrogen-bond acceptors (Lipinski definition) is 6. The molecule has 2 aromatic carbocycles. The maximum atomic E-state index is 12.2. The average Bonchev–Trinajstić information content (AvgIpc) is 2.61. The summed E-state index contributed by atoms with van der Waals surface area (Å²) in [6, 6.07) is 16.1. The Balaban J connectivity index is 1.82. The second-order valence-electron chi connectivity index (χ2n) is 5.68. The molecule has 0 bridgehead atoms. The molecule has 0 aliphatic rings. The second kappa shape index (κ2) is 7.65. The summed E-state index contributed by atoms with van der Waals surface area (Å²) in [4.78, 5) is 28.6. The molecule has 0 spiro atoms. The molecule has 6 heteroatoms. The molecule has 0 unspecified atom stereocenters. The summed E-state index contributed by atoms with van der Waals surface area (Å²) in [6.45, 7) is 3.29. The van der Waals surface area contributed by atoms with Gasteiger partial charge in [0.05, 0.1) is 11.3 Å². The lowest BCUT2D eigenvalue weighted by Gasteiger charge is -2.05. The van der Waals surface area contributed by atoms with Crippen LogP contribution in [0.4, 0.5) is 0 Å². The molecule has 0 aliphatic heterocycles. The van der Waals surface area contributed by atoms with Gasteiger partial charge >= 0.3 is 11.6 Å². The van der Waals surface area contributed by atoms with Gasteiger partial charge in [-0.2, -0.15) is 0 Å². The first kappa shape index (κ1) is 17.4. The van der Waals surface area contributed by atoms with E-state index in [2.05, 4.69) is 5.16 Å². The Morgan fingerprint density at radius 3 is 2.58 bits per heavy atom. The Bertz CT molecular complexity index is 1020. The van der Waals surface area contributed by atoms with E-state index in [4.69, 9.17) is 14.0 Å². The summed E-state index contributed by atoms with van der Waals surface area (Å²) in [5, 5.41) is 4.69. The van der Waals surface area contributed by atoms with E-state index in [1.807, 2.05) is 30.3 Å². The third-order valence-electron chi connectivity index (χ3n) is 3.63. The normalized spacial score (nSPS) is 11.4. The minimum absolute atomic E-state index is 0.308. The van der Waals surface area contributed by atoms with Gasteiger partial charge in [0, 0.05) is 18.4 Å². The molecule has 0 N–H and O–H groups in total. The zero-order valence-electron chi connectivity index (χ0n) is 14.4. The molecule has 0 fully saturated rings. The first-order valence-corrected chi connectivity index (χ1v) is 8.00. The van der Waals surface area contributed by atoms with Gasteiger partial charge in [0.25, 0.3) is 0 Å².